The quantitative estimate of drug-likeness (QED) is 0.498. The molecule has 8 heteroatoms. The Morgan fingerprint density at radius 2 is 1.96 bits per heavy atom. The average molecular weight is 355 g/mol. The van der Waals surface area contributed by atoms with E-state index in [1.54, 1.807) is 36.4 Å². The second kappa shape index (κ2) is 6.78. The Balaban J connectivity index is 1.83. The SMILES string of the molecule is Cc1ccc(O)c(N=C2NC(=O)/C(=C/c3ccc([N+](=O)[O-])cc3)S2)c1. The lowest BCUT2D eigenvalue weighted by atomic mass is 10.2. The van der Waals surface area contributed by atoms with E-state index in [1.165, 1.54) is 12.1 Å². The van der Waals surface area contributed by atoms with Gasteiger partial charge in [-0.1, -0.05) is 6.07 Å². The molecule has 0 aliphatic carbocycles. The number of aliphatic imine (C=N–C) groups is 1. The van der Waals surface area contributed by atoms with Gasteiger partial charge >= 0.3 is 0 Å². The van der Waals surface area contributed by atoms with Gasteiger partial charge in [0, 0.05) is 12.1 Å². The van der Waals surface area contributed by atoms with Crippen molar-refractivity contribution >= 4 is 40.3 Å². The number of aryl methyl sites for hydroxylation is 1. The fourth-order valence-corrected chi connectivity index (χ4v) is 2.99. The number of rotatable bonds is 3. The molecule has 1 saturated heterocycles. The molecule has 2 aromatic carbocycles. The first-order valence-corrected chi connectivity index (χ1v) is 8.08. The van der Waals surface area contributed by atoms with Gasteiger partial charge in [-0.15, -0.1) is 0 Å². The van der Waals surface area contributed by atoms with Crippen LogP contribution in [0.4, 0.5) is 11.4 Å². The van der Waals surface area contributed by atoms with Gasteiger partial charge < -0.3 is 10.4 Å². The molecule has 25 heavy (non-hydrogen) atoms. The van der Waals surface area contributed by atoms with E-state index in [9.17, 15) is 20.0 Å². The summed E-state index contributed by atoms with van der Waals surface area (Å²) in [5, 5.41) is 23.5. The van der Waals surface area contributed by atoms with Gasteiger partial charge in [-0.3, -0.25) is 14.9 Å². The highest BCUT2D eigenvalue weighted by Crippen LogP contribution is 2.32. The number of nitrogens with zero attached hydrogens (tertiary/aromatic N) is 2. The molecule has 1 aliphatic heterocycles. The predicted octanol–water partition coefficient (Wildman–Crippen LogP) is 3.50. The van der Waals surface area contributed by atoms with E-state index in [-0.39, 0.29) is 17.3 Å². The molecule has 0 bridgehead atoms. The third-order valence-electron chi connectivity index (χ3n) is 3.41. The van der Waals surface area contributed by atoms with Gasteiger partial charge in [-0.2, -0.15) is 0 Å². The van der Waals surface area contributed by atoms with Crippen LogP contribution in [0.15, 0.2) is 52.4 Å². The summed E-state index contributed by atoms with van der Waals surface area (Å²) in [4.78, 5) is 26.9. The third kappa shape index (κ3) is 3.86. The molecular weight excluding hydrogens is 342 g/mol. The van der Waals surface area contributed by atoms with Gasteiger partial charge in [-0.25, -0.2) is 4.99 Å². The zero-order chi connectivity index (χ0) is 18.0. The zero-order valence-corrected chi connectivity index (χ0v) is 13.9. The van der Waals surface area contributed by atoms with Crippen LogP contribution in [-0.4, -0.2) is 21.1 Å². The number of carbonyl (C=O) groups excluding carboxylic acids is 1. The minimum absolute atomic E-state index is 0.0112. The Hall–Kier alpha value is -3.13. The monoisotopic (exact) mass is 355 g/mol. The van der Waals surface area contributed by atoms with E-state index in [0.717, 1.165) is 17.3 Å². The summed E-state index contributed by atoms with van der Waals surface area (Å²) < 4.78 is 0. The van der Waals surface area contributed by atoms with Crippen LogP contribution in [-0.2, 0) is 4.79 Å². The van der Waals surface area contributed by atoms with Gasteiger partial charge in [0.25, 0.3) is 11.6 Å². The molecule has 0 spiro atoms. The molecule has 1 fully saturated rings. The molecule has 0 saturated carbocycles. The number of benzene rings is 2. The lowest BCUT2D eigenvalue weighted by Gasteiger charge is -2.01. The highest BCUT2D eigenvalue weighted by atomic mass is 32.2. The molecule has 1 aliphatic rings. The second-order valence-corrected chi connectivity index (χ2v) is 6.35. The van der Waals surface area contributed by atoms with Gasteiger partial charge in [0.05, 0.1) is 9.83 Å². The topological polar surface area (TPSA) is 105 Å². The number of phenolic OH excluding ortho intramolecular Hbond substituents is 1. The zero-order valence-electron chi connectivity index (χ0n) is 13.1. The van der Waals surface area contributed by atoms with E-state index < -0.39 is 4.92 Å². The molecule has 0 unspecified atom stereocenters. The second-order valence-electron chi connectivity index (χ2n) is 5.32. The highest BCUT2D eigenvalue weighted by Gasteiger charge is 2.24. The summed E-state index contributed by atoms with van der Waals surface area (Å²) in [5.41, 5.74) is 1.97. The molecule has 3 rings (SSSR count). The molecule has 2 N–H and O–H groups in total. The van der Waals surface area contributed by atoms with Crippen LogP contribution in [0.3, 0.4) is 0 Å². The summed E-state index contributed by atoms with van der Waals surface area (Å²) in [6.07, 6.45) is 1.63. The Morgan fingerprint density at radius 1 is 1.24 bits per heavy atom. The van der Waals surface area contributed by atoms with Crippen molar-refractivity contribution in [3.8, 4) is 5.75 Å². The third-order valence-corrected chi connectivity index (χ3v) is 4.32. The van der Waals surface area contributed by atoms with Crippen molar-refractivity contribution in [3.05, 3.63) is 68.6 Å². The van der Waals surface area contributed by atoms with Crippen molar-refractivity contribution in [1.29, 1.82) is 0 Å². The van der Waals surface area contributed by atoms with Crippen molar-refractivity contribution in [3.63, 3.8) is 0 Å². The van der Waals surface area contributed by atoms with Gasteiger partial charge in [0.1, 0.15) is 11.4 Å². The summed E-state index contributed by atoms with van der Waals surface area (Å²) in [6, 6.07) is 10.9. The Kier molecular flexibility index (Phi) is 4.53. The molecule has 7 nitrogen and oxygen atoms in total. The molecule has 0 atom stereocenters. The van der Waals surface area contributed by atoms with Crippen LogP contribution >= 0.6 is 11.8 Å². The van der Waals surface area contributed by atoms with Gasteiger partial charge in [-0.05, 0) is 60.2 Å². The normalized spacial score (nSPS) is 17.1. The van der Waals surface area contributed by atoms with Gasteiger partial charge in [0.2, 0.25) is 0 Å². The van der Waals surface area contributed by atoms with Crippen molar-refractivity contribution in [2.45, 2.75) is 6.92 Å². The number of nitro groups is 1. The summed E-state index contributed by atoms with van der Waals surface area (Å²) in [5.74, 6) is -0.282. The molecule has 1 heterocycles. The standard InChI is InChI=1S/C17H13N3O4S/c1-10-2-7-14(21)13(8-10)18-17-19-16(22)15(25-17)9-11-3-5-12(6-4-11)20(23)24/h2-9,21H,1H3,(H,18,19,22)/b15-9-. The minimum atomic E-state index is -0.479. The van der Waals surface area contributed by atoms with E-state index in [0.29, 0.717) is 21.3 Å². The lowest BCUT2D eigenvalue weighted by molar-refractivity contribution is -0.384. The Bertz CT molecular complexity index is 920. The molecule has 0 radical (unpaired) electrons. The summed E-state index contributed by atoms with van der Waals surface area (Å²) in [7, 11) is 0. The Labute approximate surface area is 147 Å². The predicted molar refractivity (Wildman–Crippen MR) is 96.7 cm³/mol. The summed E-state index contributed by atoms with van der Waals surface area (Å²) in [6.45, 7) is 1.88. The van der Waals surface area contributed by atoms with Crippen molar-refractivity contribution in [2.75, 3.05) is 0 Å². The smallest absolute Gasteiger partial charge is 0.269 e. The van der Waals surface area contributed by atoms with E-state index in [1.807, 2.05) is 6.92 Å². The maximum Gasteiger partial charge on any atom is 0.269 e. The molecule has 126 valence electrons. The molecule has 1 amide bonds. The number of nitrogens with one attached hydrogen (secondary N) is 1. The number of carbonyl (C=O) groups is 1. The molecule has 0 aromatic heterocycles. The van der Waals surface area contributed by atoms with Crippen LogP contribution in [0.1, 0.15) is 11.1 Å². The first-order chi connectivity index (χ1) is 11.9. The highest BCUT2D eigenvalue weighted by molar-refractivity contribution is 8.18. The van der Waals surface area contributed by atoms with Crippen LogP contribution in [0.5, 0.6) is 5.75 Å². The number of amidine groups is 1. The van der Waals surface area contributed by atoms with Gasteiger partial charge in [0.15, 0.2) is 5.17 Å². The number of hydrogen-bond donors (Lipinski definition) is 2. The Morgan fingerprint density at radius 3 is 2.64 bits per heavy atom. The van der Waals surface area contributed by atoms with Crippen molar-refractivity contribution in [2.24, 2.45) is 4.99 Å². The number of hydrogen-bond acceptors (Lipinski definition) is 6. The number of phenols is 1. The van der Waals surface area contributed by atoms with Crippen LogP contribution < -0.4 is 5.32 Å². The maximum atomic E-state index is 12.1. The number of aromatic hydroxyl groups is 1. The van der Waals surface area contributed by atoms with Crippen LogP contribution in [0.25, 0.3) is 6.08 Å². The number of thioether (sulfide) groups is 1. The largest absolute Gasteiger partial charge is 0.506 e. The number of nitro benzene ring substituents is 1. The minimum Gasteiger partial charge on any atom is -0.506 e. The maximum absolute atomic E-state index is 12.1. The molecular formula is C17H13N3O4S. The fourth-order valence-electron chi connectivity index (χ4n) is 2.16. The fraction of sp³-hybridized carbons (Fsp3) is 0.0588. The van der Waals surface area contributed by atoms with Crippen LogP contribution in [0, 0.1) is 17.0 Å². The van der Waals surface area contributed by atoms with Crippen LogP contribution in [0.2, 0.25) is 0 Å². The average Bonchev–Trinajstić information content (AvgIpc) is 2.91. The number of amides is 1. The molecule has 2 aromatic rings. The lowest BCUT2D eigenvalue weighted by Crippen LogP contribution is -2.19. The summed E-state index contributed by atoms with van der Waals surface area (Å²) >= 11 is 1.14. The number of non-ortho nitro benzene ring substituents is 1. The van der Waals surface area contributed by atoms with E-state index >= 15 is 0 Å². The van der Waals surface area contributed by atoms with Crippen molar-refractivity contribution in [1.82, 2.24) is 5.32 Å². The first kappa shape index (κ1) is 16.7. The van der Waals surface area contributed by atoms with Crippen molar-refractivity contribution < 1.29 is 14.8 Å². The first-order valence-electron chi connectivity index (χ1n) is 7.26. The van der Waals surface area contributed by atoms with E-state index in [2.05, 4.69) is 10.3 Å². The van der Waals surface area contributed by atoms with E-state index in [4.69, 9.17) is 0 Å².